The van der Waals surface area contributed by atoms with Crippen LogP contribution in [0.25, 0.3) is 0 Å². The minimum atomic E-state index is -0.476. The largest absolute Gasteiger partial charge is 0.490 e. The third kappa shape index (κ3) is 4.30. The van der Waals surface area contributed by atoms with Crippen LogP contribution in [0.5, 0.6) is 5.75 Å². The molecule has 1 aromatic carbocycles. The standard InChI is InChI=1S/C12H18N2O3/c1-8(2)4-9(3)17-12-6-10(13)5-11(7-12)14(15)16/h5-9H,4,13H2,1-3H3. The Kier molecular flexibility index (Phi) is 4.31. The maximum absolute atomic E-state index is 10.7. The Balaban J connectivity index is 2.80. The molecule has 1 rings (SSSR count). The summed E-state index contributed by atoms with van der Waals surface area (Å²) in [5, 5.41) is 10.7. The van der Waals surface area contributed by atoms with E-state index in [1.54, 1.807) is 6.07 Å². The summed E-state index contributed by atoms with van der Waals surface area (Å²) in [6, 6.07) is 4.32. The Bertz CT molecular complexity index is 405. The van der Waals surface area contributed by atoms with Gasteiger partial charge in [0.05, 0.1) is 17.1 Å². The predicted octanol–water partition coefficient (Wildman–Crippen LogP) is 2.99. The van der Waals surface area contributed by atoms with Crippen molar-refractivity contribution in [1.29, 1.82) is 0 Å². The quantitative estimate of drug-likeness (QED) is 0.486. The Morgan fingerprint density at radius 2 is 2.00 bits per heavy atom. The number of non-ortho nitro benzene ring substituents is 1. The lowest BCUT2D eigenvalue weighted by Gasteiger charge is -2.16. The number of hydrogen-bond acceptors (Lipinski definition) is 4. The fraction of sp³-hybridized carbons (Fsp3) is 0.500. The van der Waals surface area contributed by atoms with E-state index in [0.717, 1.165) is 6.42 Å². The van der Waals surface area contributed by atoms with Crippen LogP contribution in [0.2, 0.25) is 0 Å². The van der Waals surface area contributed by atoms with Crippen LogP contribution in [0.3, 0.4) is 0 Å². The van der Waals surface area contributed by atoms with Gasteiger partial charge in [-0.2, -0.15) is 0 Å². The molecule has 0 aromatic heterocycles. The molecule has 0 spiro atoms. The summed E-state index contributed by atoms with van der Waals surface area (Å²) in [5.74, 6) is 0.964. The maximum Gasteiger partial charge on any atom is 0.275 e. The number of nitrogens with two attached hydrogens (primary N) is 1. The topological polar surface area (TPSA) is 78.4 Å². The summed E-state index contributed by atoms with van der Waals surface area (Å²) in [6.45, 7) is 6.14. The van der Waals surface area contributed by atoms with E-state index in [2.05, 4.69) is 13.8 Å². The van der Waals surface area contributed by atoms with E-state index < -0.39 is 4.92 Å². The average Bonchev–Trinajstić information content (AvgIpc) is 2.14. The van der Waals surface area contributed by atoms with Crippen molar-refractivity contribution in [1.82, 2.24) is 0 Å². The van der Waals surface area contributed by atoms with Gasteiger partial charge in [0, 0.05) is 17.8 Å². The first-order valence-corrected chi connectivity index (χ1v) is 5.60. The molecule has 0 saturated carbocycles. The van der Waals surface area contributed by atoms with Gasteiger partial charge in [0.15, 0.2) is 0 Å². The van der Waals surface area contributed by atoms with Gasteiger partial charge in [-0.15, -0.1) is 0 Å². The molecule has 5 heteroatoms. The average molecular weight is 238 g/mol. The van der Waals surface area contributed by atoms with Crippen molar-refractivity contribution < 1.29 is 9.66 Å². The van der Waals surface area contributed by atoms with Gasteiger partial charge in [0.1, 0.15) is 5.75 Å². The van der Waals surface area contributed by atoms with Crippen LogP contribution in [0.4, 0.5) is 11.4 Å². The Hall–Kier alpha value is -1.78. The molecule has 1 unspecified atom stereocenters. The van der Waals surface area contributed by atoms with Gasteiger partial charge >= 0.3 is 0 Å². The molecule has 1 atom stereocenters. The summed E-state index contributed by atoms with van der Waals surface area (Å²) in [6.07, 6.45) is 0.902. The third-order valence-electron chi connectivity index (χ3n) is 2.27. The molecule has 0 bridgehead atoms. The van der Waals surface area contributed by atoms with Crippen LogP contribution in [0.1, 0.15) is 27.2 Å². The van der Waals surface area contributed by atoms with Crippen molar-refractivity contribution in [2.24, 2.45) is 5.92 Å². The Morgan fingerprint density at radius 3 is 2.53 bits per heavy atom. The molecule has 5 nitrogen and oxygen atoms in total. The summed E-state index contributed by atoms with van der Waals surface area (Å²) < 4.78 is 5.61. The molecular formula is C12H18N2O3. The molecule has 1 aromatic rings. The summed E-state index contributed by atoms with van der Waals surface area (Å²) in [4.78, 5) is 10.2. The first kappa shape index (κ1) is 13.3. The predicted molar refractivity (Wildman–Crippen MR) is 67.1 cm³/mol. The number of nitrogen functional groups attached to an aromatic ring is 1. The molecule has 2 N–H and O–H groups in total. The van der Waals surface area contributed by atoms with Gasteiger partial charge in [0.25, 0.3) is 5.69 Å². The van der Waals surface area contributed by atoms with Crippen LogP contribution < -0.4 is 10.5 Å². The van der Waals surface area contributed by atoms with Gasteiger partial charge in [-0.1, -0.05) is 13.8 Å². The molecule has 0 aliphatic heterocycles. The molecule has 17 heavy (non-hydrogen) atoms. The van der Waals surface area contributed by atoms with Crippen LogP contribution >= 0.6 is 0 Å². The number of ether oxygens (including phenoxy) is 1. The second kappa shape index (κ2) is 5.52. The SMILES string of the molecule is CC(C)CC(C)Oc1cc(N)cc([N+](=O)[O-])c1. The number of nitrogens with zero attached hydrogens (tertiary/aromatic N) is 1. The van der Waals surface area contributed by atoms with Gasteiger partial charge < -0.3 is 10.5 Å². The van der Waals surface area contributed by atoms with Crippen molar-refractivity contribution in [3.8, 4) is 5.75 Å². The minimum absolute atomic E-state index is 0.0106. The molecular weight excluding hydrogens is 220 g/mol. The number of hydrogen-bond donors (Lipinski definition) is 1. The molecule has 0 radical (unpaired) electrons. The minimum Gasteiger partial charge on any atom is -0.490 e. The van der Waals surface area contributed by atoms with Gasteiger partial charge in [-0.25, -0.2) is 0 Å². The highest BCUT2D eigenvalue weighted by Crippen LogP contribution is 2.25. The summed E-state index contributed by atoms with van der Waals surface area (Å²) in [7, 11) is 0. The Labute approximate surface area is 101 Å². The zero-order chi connectivity index (χ0) is 13.0. The van der Waals surface area contributed by atoms with Crippen molar-refractivity contribution in [3.05, 3.63) is 28.3 Å². The number of nitro groups is 1. The molecule has 0 aliphatic carbocycles. The van der Waals surface area contributed by atoms with E-state index in [1.165, 1.54) is 12.1 Å². The smallest absolute Gasteiger partial charge is 0.275 e. The van der Waals surface area contributed by atoms with Crippen molar-refractivity contribution >= 4 is 11.4 Å². The molecule has 0 heterocycles. The van der Waals surface area contributed by atoms with Crippen molar-refractivity contribution in [2.75, 3.05) is 5.73 Å². The molecule has 0 aliphatic rings. The zero-order valence-electron chi connectivity index (χ0n) is 10.3. The maximum atomic E-state index is 10.7. The number of nitro benzene ring substituents is 1. The van der Waals surface area contributed by atoms with Crippen LogP contribution in [0.15, 0.2) is 18.2 Å². The first-order chi connectivity index (χ1) is 7.88. The lowest BCUT2D eigenvalue weighted by atomic mass is 10.1. The molecule has 0 amide bonds. The van der Waals surface area contributed by atoms with Gasteiger partial charge in [-0.05, 0) is 19.3 Å². The van der Waals surface area contributed by atoms with Crippen molar-refractivity contribution in [3.63, 3.8) is 0 Å². The second-order valence-corrected chi connectivity index (χ2v) is 4.58. The summed E-state index contributed by atoms with van der Waals surface area (Å²) in [5.41, 5.74) is 5.88. The Morgan fingerprint density at radius 1 is 1.35 bits per heavy atom. The van der Waals surface area contributed by atoms with E-state index >= 15 is 0 Å². The first-order valence-electron chi connectivity index (χ1n) is 5.60. The normalized spacial score (nSPS) is 12.5. The zero-order valence-corrected chi connectivity index (χ0v) is 10.3. The van der Waals surface area contributed by atoms with E-state index in [-0.39, 0.29) is 11.8 Å². The van der Waals surface area contributed by atoms with E-state index in [1.807, 2.05) is 6.92 Å². The molecule has 94 valence electrons. The van der Waals surface area contributed by atoms with Gasteiger partial charge in [0.2, 0.25) is 0 Å². The highest BCUT2D eigenvalue weighted by atomic mass is 16.6. The van der Waals surface area contributed by atoms with Crippen LogP contribution in [-0.4, -0.2) is 11.0 Å². The van der Waals surface area contributed by atoms with Crippen LogP contribution in [-0.2, 0) is 0 Å². The second-order valence-electron chi connectivity index (χ2n) is 4.58. The third-order valence-corrected chi connectivity index (χ3v) is 2.27. The van der Waals surface area contributed by atoms with E-state index in [9.17, 15) is 10.1 Å². The monoisotopic (exact) mass is 238 g/mol. The highest BCUT2D eigenvalue weighted by Gasteiger charge is 2.12. The van der Waals surface area contributed by atoms with Gasteiger partial charge in [-0.3, -0.25) is 10.1 Å². The molecule has 0 saturated heterocycles. The number of benzene rings is 1. The molecule has 0 fully saturated rings. The lowest BCUT2D eigenvalue weighted by molar-refractivity contribution is -0.384. The van der Waals surface area contributed by atoms with Crippen molar-refractivity contribution in [2.45, 2.75) is 33.3 Å². The fourth-order valence-corrected chi connectivity index (χ4v) is 1.72. The number of rotatable bonds is 5. The van der Waals surface area contributed by atoms with Crippen LogP contribution in [0, 0.1) is 16.0 Å². The van der Waals surface area contributed by atoms with E-state index in [4.69, 9.17) is 10.5 Å². The summed E-state index contributed by atoms with van der Waals surface area (Å²) >= 11 is 0. The lowest BCUT2D eigenvalue weighted by Crippen LogP contribution is -2.14. The van der Waals surface area contributed by atoms with E-state index in [0.29, 0.717) is 17.4 Å². The number of anilines is 1. The highest BCUT2D eigenvalue weighted by molar-refractivity contribution is 5.53. The fourth-order valence-electron chi connectivity index (χ4n) is 1.72.